The van der Waals surface area contributed by atoms with E-state index >= 15 is 0 Å². The third-order valence-electron chi connectivity index (χ3n) is 3.79. The zero-order chi connectivity index (χ0) is 16.2. The molecular weight excluding hydrogens is 332 g/mol. The summed E-state index contributed by atoms with van der Waals surface area (Å²) in [5.74, 6) is 0.547. The summed E-state index contributed by atoms with van der Waals surface area (Å²) in [6.45, 7) is 6.93. The maximum atomic E-state index is 12.2. The van der Waals surface area contributed by atoms with Crippen molar-refractivity contribution in [2.75, 3.05) is 11.9 Å². The largest absolute Gasteiger partial charge is 0.326 e. The highest BCUT2D eigenvalue weighted by atomic mass is 35.5. The second kappa shape index (κ2) is 8.81. The normalized spacial score (nSPS) is 19.0. The summed E-state index contributed by atoms with van der Waals surface area (Å²) in [7, 11) is -0.936. The zero-order valence-electron chi connectivity index (χ0n) is 14.1. The van der Waals surface area contributed by atoms with Gasteiger partial charge in [0.05, 0.1) is 0 Å². The van der Waals surface area contributed by atoms with Gasteiger partial charge in [0.2, 0.25) is 5.91 Å². The fourth-order valence-electron chi connectivity index (χ4n) is 2.47. The van der Waals surface area contributed by atoms with Crippen molar-refractivity contribution in [2.45, 2.75) is 56.6 Å². The van der Waals surface area contributed by atoms with Crippen molar-refractivity contribution >= 4 is 34.8 Å². The molecular formula is C17H27ClN2O2S. The lowest BCUT2D eigenvalue weighted by atomic mass is 10.1. The number of carbonyl (C=O) groups excluding carboxylic acids is 1. The molecule has 1 fully saturated rings. The van der Waals surface area contributed by atoms with Gasteiger partial charge in [0.25, 0.3) is 0 Å². The molecule has 0 bridgehead atoms. The molecule has 23 heavy (non-hydrogen) atoms. The number of hydrogen-bond donors (Lipinski definition) is 2. The second-order valence-corrected chi connectivity index (χ2v) is 9.05. The molecule has 2 rings (SSSR count). The van der Waals surface area contributed by atoms with Crippen LogP contribution in [0.15, 0.2) is 24.3 Å². The van der Waals surface area contributed by atoms with Gasteiger partial charge in [-0.3, -0.25) is 9.00 Å². The second-order valence-electron chi connectivity index (χ2n) is 6.85. The maximum Gasteiger partial charge on any atom is 0.225 e. The summed E-state index contributed by atoms with van der Waals surface area (Å²) in [6, 6.07) is 7.96. The molecule has 0 spiro atoms. The molecule has 1 aliphatic rings. The first-order valence-electron chi connectivity index (χ1n) is 7.85. The standard InChI is InChI=1S/C17H26N2O2S.ClH/c1-17(2,3)22(21)12-13-6-4-7-15(10-13)19-16(20)11-14-8-5-9-18-14;/h4,6-7,10,14,18H,5,8-9,11-12H2,1-3H3,(H,19,20);1H. The Balaban J connectivity index is 0.00000264. The van der Waals surface area contributed by atoms with E-state index in [4.69, 9.17) is 0 Å². The summed E-state index contributed by atoms with van der Waals surface area (Å²) in [6.07, 6.45) is 2.72. The smallest absolute Gasteiger partial charge is 0.225 e. The van der Waals surface area contributed by atoms with Gasteiger partial charge in [0, 0.05) is 39.4 Å². The SMILES string of the molecule is CC(C)(C)S(=O)Cc1cccc(NC(=O)CC2CCCN2)c1.Cl. The van der Waals surface area contributed by atoms with Gasteiger partial charge >= 0.3 is 0 Å². The third kappa shape index (κ3) is 6.61. The summed E-state index contributed by atoms with van der Waals surface area (Å²) < 4.78 is 12.0. The fourth-order valence-corrected chi connectivity index (χ4v) is 3.39. The number of carbonyl (C=O) groups is 1. The van der Waals surface area contributed by atoms with Crippen LogP contribution in [0.5, 0.6) is 0 Å². The molecule has 4 nitrogen and oxygen atoms in total. The number of anilines is 1. The van der Waals surface area contributed by atoms with Crippen LogP contribution >= 0.6 is 12.4 Å². The van der Waals surface area contributed by atoms with Crippen LogP contribution in [0.4, 0.5) is 5.69 Å². The molecule has 1 aromatic carbocycles. The summed E-state index contributed by atoms with van der Waals surface area (Å²) in [5.41, 5.74) is 1.77. The van der Waals surface area contributed by atoms with E-state index in [1.165, 1.54) is 0 Å². The fraction of sp³-hybridized carbons (Fsp3) is 0.588. The molecule has 2 unspecified atom stereocenters. The van der Waals surface area contributed by atoms with Gasteiger partial charge in [-0.15, -0.1) is 12.4 Å². The van der Waals surface area contributed by atoms with Gasteiger partial charge in [-0.25, -0.2) is 0 Å². The van der Waals surface area contributed by atoms with Crippen LogP contribution in [-0.4, -0.2) is 27.4 Å². The summed E-state index contributed by atoms with van der Waals surface area (Å²) in [4.78, 5) is 12.1. The minimum Gasteiger partial charge on any atom is -0.326 e. The molecule has 1 amide bonds. The Morgan fingerprint density at radius 1 is 1.39 bits per heavy atom. The van der Waals surface area contributed by atoms with Crippen LogP contribution in [0.2, 0.25) is 0 Å². The van der Waals surface area contributed by atoms with Gasteiger partial charge in [-0.2, -0.15) is 0 Å². The lowest BCUT2D eigenvalue weighted by Crippen LogP contribution is -2.27. The van der Waals surface area contributed by atoms with Crippen LogP contribution < -0.4 is 10.6 Å². The van der Waals surface area contributed by atoms with Crippen molar-refractivity contribution in [3.8, 4) is 0 Å². The molecule has 1 heterocycles. The predicted octanol–water partition coefficient (Wildman–Crippen LogP) is 3.24. The van der Waals surface area contributed by atoms with Gasteiger partial charge in [-0.05, 0) is 57.9 Å². The van der Waals surface area contributed by atoms with Crippen molar-refractivity contribution < 1.29 is 9.00 Å². The van der Waals surface area contributed by atoms with E-state index in [1.54, 1.807) is 0 Å². The van der Waals surface area contributed by atoms with Crippen LogP contribution in [0.25, 0.3) is 0 Å². The highest BCUT2D eigenvalue weighted by Crippen LogP contribution is 2.19. The van der Waals surface area contributed by atoms with E-state index in [0.29, 0.717) is 18.2 Å². The molecule has 1 saturated heterocycles. The Bertz CT molecular complexity index is 552. The van der Waals surface area contributed by atoms with Crippen molar-refractivity contribution in [3.63, 3.8) is 0 Å². The van der Waals surface area contributed by atoms with Gasteiger partial charge in [0.15, 0.2) is 0 Å². The zero-order valence-corrected chi connectivity index (χ0v) is 15.7. The van der Waals surface area contributed by atoms with Gasteiger partial charge in [0.1, 0.15) is 0 Å². The molecule has 0 radical (unpaired) electrons. The van der Waals surface area contributed by atoms with Crippen LogP contribution in [0.3, 0.4) is 0 Å². The molecule has 0 aromatic heterocycles. The Morgan fingerprint density at radius 3 is 2.74 bits per heavy atom. The molecule has 6 heteroatoms. The van der Waals surface area contributed by atoms with E-state index in [-0.39, 0.29) is 23.1 Å². The quantitative estimate of drug-likeness (QED) is 0.849. The average Bonchev–Trinajstić information content (AvgIpc) is 2.90. The number of rotatable bonds is 5. The average molecular weight is 359 g/mol. The number of amides is 1. The molecule has 1 aromatic rings. The summed E-state index contributed by atoms with van der Waals surface area (Å²) in [5, 5.41) is 6.27. The predicted molar refractivity (Wildman–Crippen MR) is 99.6 cm³/mol. The topological polar surface area (TPSA) is 58.2 Å². The number of hydrogen-bond acceptors (Lipinski definition) is 3. The van der Waals surface area contributed by atoms with E-state index in [1.807, 2.05) is 45.0 Å². The maximum absolute atomic E-state index is 12.2. The lowest BCUT2D eigenvalue weighted by Gasteiger charge is -2.18. The molecule has 2 atom stereocenters. The van der Waals surface area contributed by atoms with Gasteiger partial charge < -0.3 is 10.6 Å². The Labute approximate surface area is 147 Å². The van der Waals surface area contributed by atoms with Crippen molar-refractivity contribution in [2.24, 2.45) is 0 Å². The van der Waals surface area contributed by atoms with Crippen molar-refractivity contribution in [1.29, 1.82) is 0 Å². The minimum atomic E-state index is -0.936. The minimum absolute atomic E-state index is 0. The molecule has 130 valence electrons. The molecule has 2 N–H and O–H groups in total. The highest BCUT2D eigenvalue weighted by molar-refractivity contribution is 7.85. The monoisotopic (exact) mass is 358 g/mol. The number of nitrogens with one attached hydrogen (secondary N) is 2. The van der Waals surface area contributed by atoms with E-state index in [0.717, 1.165) is 30.6 Å². The van der Waals surface area contributed by atoms with E-state index < -0.39 is 10.8 Å². The first-order chi connectivity index (χ1) is 10.3. The van der Waals surface area contributed by atoms with Crippen LogP contribution in [-0.2, 0) is 21.3 Å². The number of benzene rings is 1. The molecule has 1 aliphatic heterocycles. The highest BCUT2D eigenvalue weighted by Gasteiger charge is 2.20. The lowest BCUT2D eigenvalue weighted by molar-refractivity contribution is -0.116. The third-order valence-corrected chi connectivity index (χ3v) is 5.75. The first-order valence-corrected chi connectivity index (χ1v) is 9.17. The van der Waals surface area contributed by atoms with E-state index in [2.05, 4.69) is 10.6 Å². The van der Waals surface area contributed by atoms with Crippen molar-refractivity contribution in [1.82, 2.24) is 5.32 Å². The molecule has 0 aliphatic carbocycles. The summed E-state index contributed by atoms with van der Waals surface area (Å²) >= 11 is 0. The molecule has 0 saturated carbocycles. The van der Waals surface area contributed by atoms with Crippen LogP contribution in [0.1, 0.15) is 45.6 Å². The Morgan fingerprint density at radius 2 is 2.13 bits per heavy atom. The van der Waals surface area contributed by atoms with Gasteiger partial charge in [-0.1, -0.05) is 12.1 Å². The Kier molecular flexibility index (Phi) is 7.71. The van der Waals surface area contributed by atoms with Crippen molar-refractivity contribution in [3.05, 3.63) is 29.8 Å². The number of halogens is 1. The Hall–Kier alpha value is -0.910. The van der Waals surface area contributed by atoms with Crippen LogP contribution in [0, 0.1) is 0 Å². The van der Waals surface area contributed by atoms with E-state index in [9.17, 15) is 9.00 Å². The first kappa shape index (κ1) is 20.1.